The molecular weight excluding hydrogens is 707 g/mol. The van der Waals surface area contributed by atoms with E-state index in [4.69, 9.17) is 15.5 Å². The van der Waals surface area contributed by atoms with Crippen LogP contribution in [0.1, 0.15) is 29.2 Å². The zero-order valence-corrected chi connectivity index (χ0v) is 32.0. The first-order valence-corrected chi connectivity index (χ1v) is 19.0. The van der Waals surface area contributed by atoms with Gasteiger partial charge in [-0.25, -0.2) is 28.2 Å². The average molecular weight is 748 g/mol. The van der Waals surface area contributed by atoms with E-state index in [2.05, 4.69) is 171 Å². The molecule has 9 heterocycles. The molecule has 0 saturated heterocycles. The fraction of sp³-hybridized carbons (Fsp3) is 0.130. The van der Waals surface area contributed by atoms with Crippen LogP contribution in [0, 0.1) is 0 Å². The van der Waals surface area contributed by atoms with Gasteiger partial charge in [0.2, 0.25) is 0 Å². The van der Waals surface area contributed by atoms with Gasteiger partial charge in [0.05, 0.1) is 22.8 Å². The maximum Gasteiger partial charge on any atom is 0.169 e. The standard InChI is InChI=1S/C46H40N11/c1-54-23-13-31(14-24-54)43-35-5-7-37(49-35)44(32-15-25-55(2)26-16-32)39-9-11-41(51-39)46(34-19-29-57(30-20-34)22-4-21-48-53-47)42-12-10-40(52-42)45(38-8-6-36(43)50-38)33-17-27-56(3)28-18-33/h5-20,23-30H,4,21-22H2,1-3H3,(H,49,50,51,52)/q+3/p+1. The maximum atomic E-state index is 8.71. The molecular formula is C46H41N11+4. The normalized spacial score (nSPS) is 11.8. The van der Waals surface area contributed by atoms with Crippen LogP contribution in [-0.4, -0.2) is 26.5 Å². The van der Waals surface area contributed by atoms with Crippen molar-refractivity contribution in [2.45, 2.75) is 13.0 Å². The number of rotatable bonds is 8. The molecule has 7 aromatic heterocycles. The van der Waals surface area contributed by atoms with Crippen LogP contribution in [0.5, 0.6) is 0 Å². The van der Waals surface area contributed by atoms with Gasteiger partial charge in [0, 0.05) is 111 Å². The van der Waals surface area contributed by atoms with Crippen molar-refractivity contribution < 1.29 is 18.3 Å². The van der Waals surface area contributed by atoms with E-state index in [0.29, 0.717) is 6.54 Å². The smallest absolute Gasteiger partial charge is 0.169 e. The van der Waals surface area contributed by atoms with Gasteiger partial charge < -0.3 is 9.97 Å². The second-order valence-corrected chi connectivity index (χ2v) is 14.4. The first-order valence-electron chi connectivity index (χ1n) is 19.0. The van der Waals surface area contributed by atoms with Crippen LogP contribution in [0.4, 0.5) is 0 Å². The molecule has 0 amide bonds. The summed E-state index contributed by atoms with van der Waals surface area (Å²) in [6.45, 7) is 1.19. The topological polar surface area (TPSA) is 122 Å². The predicted molar refractivity (Wildman–Crippen MR) is 223 cm³/mol. The van der Waals surface area contributed by atoms with Gasteiger partial charge in [-0.2, -0.15) is 0 Å². The lowest BCUT2D eigenvalue weighted by Crippen LogP contribution is -2.32. The highest BCUT2D eigenvalue weighted by Crippen LogP contribution is 2.38. The molecule has 9 rings (SSSR count). The van der Waals surface area contributed by atoms with Crippen molar-refractivity contribution in [2.24, 2.45) is 26.3 Å². The minimum Gasteiger partial charge on any atom is -0.354 e. The van der Waals surface area contributed by atoms with E-state index in [-0.39, 0.29) is 0 Å². The van der Waals surface area contributed by atoms with E-state index in [1.54, 1.807) is 0 Å². The average Bonchev–Trinajstić information content (AvgIpc) is 4.07. The fourth-order valence-electron chi connectivity index (χ4n) is 7.57. The zero-order chi connectivity index (χ0) is 38.9. The van der Waals surface area contributed by atoms with E-state index in [9.17, 15) is 0 Å². The number of fused-ring (bicyclic) bond motifs is 8. The zero-order valence-electron chi connectivity index (χ0n) is 32.0. The molecule has 2 aliphatic heterocycles. The van der Waals surface area contributed by atoms with Gasteiger partial charge in [-0.3, -0.25) is 0 Å². The molecule has 2 N–H and O–H groups in total. The Kier molecular flexibility index (Phi) is 9.25. The van der Waals surface area contributed by atoms with Crippen molar-refractivity contribution in [3.63, 3.8) is 0 Å². The quantitative estimate of drug-likeness (QED) is 0.0543. The second kappa shape index (κ2) is 15.0. The summed E-state index contributed by atoms with van der Waals surface area (Å²) in [7, 11) is 6.08. The summed E-state index contributed by atoms with van der Waals surface area (Å²) in [6.07, 6.45) is 25.7. The second-order valence-electron chi connectivity index (χ2n) is 14.4. The number of hydrogen-bond donors (Lipinski definition) is 2. The summed E-state index contributed by atoms with van der Waals surface area (Å²) in [4.78, 5) is 21.4. The molecule has 11 heteroatoms. The summed E-state index contributed by atoms with van der Waals surface area (Å²) in [5.41, 5.74) is 24.1. The molecule has 57 heavy (non-hydrogen) atoms. The third-order valence-electron chi connectivity index (χ3n) is 10.5. The molecule has 0 fully saturated rings. The third kappa shape index (κ3) is 6.99. The van der Waals surface area contributed by atoms with Crippen LogP contribution in [0.2, 0.25) is 0 Å². The maximum absolute atomic E-state index is 8.71. The molecule has 0 spiro atoms. The Bertz CT molecular complexity index is 2790. The van der Waals surface area contributed by atoms with Gasteiger partial charge in [-0.05, 0) is 76.4 Å². The molecule has 0 radical (unpaired) electrons. The highest BCUT2D eigenvalue weighted by atomic mass is 15.1. The molecule has 0 atom stereocenters. The molecule has 276 valence electrons. The molecule has 2 aliphatic rings. The molecule has 11 nitrogen and oxygen atoms in total. The number of pyridine rings is 4. The van der Waals surface area contributed by atoms with E-state index in [1.807, 2.05) is 34.8 Å². The van der Waals surface area contributed by atoms with Gasteiger partial charge in [-0.1, -0.05) is 5.11 Å². The number of nitrogens with zero attached hydrogens (tertiary/aromatic N) is 9. The Morgan fingerprint density at radius 1 is 0.491 bits per heavy atom. The number of azide groups is 1. The first kappa shape index (κ1) is 35.2. The van der Waals surface area contributed by atoms with Crippen molar-refractivity contribution in [1.82, 2.24) is 19.9 Å². The van der Waals surface area contributed by atoms with Crippen LogP contribution in [0.3, 0.4) is 0 Å². The Labute approximate surface area is 329 Å². The Balaban J connectivity index is 1.39. The van der Waals surface area contributed by atoms with E-state index >= 15 is 0 Å². The van der Waals surface area contributed by atoms with Gasteiger partial charge >= 0.3 is 0 Å². The van der Waals surface area contributed by atoms with Gasteiger partial charge in [0.1, 0.15) is 27.7 Å². The van der Waals surface area contributed by atoms with Crippen LogP contribution >= 0.6 is 0 Å². The SMILES string of the molecule is C[n+]1ccc(-c2c3nc(c(-c4cc[n+](CCCN=[N+]=[N-])cc4)c4nc(c(-c5cc[n+](C)cc5)c5ccc([nH]5)c(-c5cc[n+](C)cc5)c5ccc2[nH]5)C=C4)C=C3)cc1. The van der Waals surface area contributed by atoms with E-state index in [0.717, 1.165) is 102 Å². The Morgan fingerprint density at radius 2 is 0.842 bits per heavy atom. The monoisotopic (exact) mass is 747 g/mol. The van der Waals surface area contributed by atoms with Crippen molar-refractivity contribution in [1.29, 1.82) is 0 Å². The van der Waals surface area contributed by atoms with Crippen LogP contribution in [-0.2, 0) is 27.7 Å². The number of hydrogen-bond acceptors (Lipinski definition) is 3. The van der Waals surface area contributed by atoms with Gasteiger partial charge in [-0.15, -0.1) is 0 Å². The number of aromatic amines is 2. The predicted octanol–water partition coefficient (Wildman–Crippen LogP) is 7.79. The minimum atomic E-state index is 0.453. The number of aryl methyl sites for hydroxylation is 4. The van der Waals surface area contributed by atoms with E-state index < -0.39 is 0 Å². The largest absolute Gasteiger partial charge is 0.354 e. The summed E-state index contributed by atoms with van der Waals surface area (Å²) < 4.78 is 8.23. The van der Waals surface area contributed by atoms with Crippen LogP contribution in [0.15, 0.2) is 127 Å². The van der Waals surface area contributed by atoms with Crippen LogP contribution < -0.4 is 18.3 Å². The highest BCUT2D eigenvalue weighted by Gasteiger charge is 2.21. The van der Waals surface area contributed by atoms with Crippen molar-refractivity contribution >= 4 is 46.4 Å². The molecule has 7 aromatic rings. The molecule has 0 saturated carbocycles. The lowest BCUT2D eigenvalue weighted by Gasteiger charge is -2.06. The molecule has 0 unspecified atom stereocenters. The third-order valence-corrected chi connectivity index (χ3v) is 10.5. The highest BCUT2D eigenvalue weighted by molar-refractivity contribution is 6.00. The Hall–Kier alpha value is -7.49. The summed E-state index contributed by atoms with van der Waals surface area (Å²) >= 11 is 0. The van der Waals surface area contributed by atoms with E-state index in [1.165, 1.54) is 0 Å². The Morgan fingerprint density at radius 3 is 1.26 bits per heavy atom. The lowest BCUT2D eigenvalue weighted by molar-refractivity contribution is -0.697. The van der Waals surface area contributed by atoms with Crippen molar-refractivity contribution in [2.75, 3.05) is 6.54 Å². The summed E-state index contributed by atoms with van der Waals surface area (Å²) in [6, 6.07) is 25.7. The summed E-state index contributed by atoms with van der Waals surface area (Å²) in [5, 5.41) is 3.70. The van der Waals surface area contributed by atoms with Crippen molar-refractivity contribution in [3.8, 4) is 44.5 Å². The van der Waals surface area contributed by atoms with Gasteiger partial charge in [0.15, 0.2) is 49.6 Å². The minimum absolute atomic E-state index is 0.453. The fourth-order valence-corrected chi connectivity index (χ4v) is 7.57. The lowest BCUT2D eigenvalue weighted by atomic mass is 10.0. The van der Waals surface area contributed by atoms with Gasteiger partial charge in [0.25, 0.3) is 0 Å². The first-order chi connectivity index (χ1) is 27.9. The summed E-state index contributed by atoms with van der Waals surface area (Å²) in [5.74, 6) is 0. The van der Waals surface area contributed by atoms with Crippen molar-refractivity contribution in [3.05, 3.63) is 156 Å². The number of aromatic nitrogens is 8. The number of H-pyrrole nitrogens is 2. The van der Waals surface area contributed by atoms with Crippen LogP contribution in [0.25, 0.3) is 101 Å². The molecule has 0 aromatic carbocycles. The number of nitrogens with one attached hydrogen (secondary N) is 2. The molecule has 8 bridgehead atoms. The molecule has 0 aliphatic carbocycles.